The van der Waals surface area contributed by atoms with Gasteiger partial charge in [-0.1, -0.05) is 25.1 Å². The molecule has 1 aliphatic rings. The summed E-state index contributed by atoms with van der Waals surface area (Å²) in [6.45, 7) is 5.52. The van der Waals surface area contributed by atoms with Crippen LogP contribution in [0, 0.1) is 0 Å². The number of hydrogen-bond donors (Lipinski definition) is 1. The number of nitrogens with zero attached hydrogens (tertiary/aromatic N) is 1. The molecule has 2 atom stereocenters. The second kappa shape index (κ2) is 7.27. The molecule has 1 fully saturated rings. The molecule has 1 heterocycles. The van der Waals surface area contributed by atoms with Crippen molar-refractivity contribution in [3.63, 3.8) is 0 Å². The molecule has 4 heteroatoms. The molecule has 114 valence electrons. The zero-order valence-electron chi connectivity index (χ0n) is 12.8. The Morgan fingerprint density at radius 1 is 1.52 bits per heavy atom. The van der Waals surface area contributed by atoms with Crippen molar-refractivity contribution in [2.45, 2.75) is 38.8 Å². The number of benzene rings is 1. The van der Waals surface area contributed by atoms with Crippen molar-refractivity contribution >= 4 is 12.0 Å². The lowest BCUT2D eigenvalue weighted by Crippen LogP contribution is -2.30. The Bertz CT molecular complexity index is 513. The highest BCUT2D eigenvalue weighted by Gasteiger charge is 2.21. The van der Waals surface area contributed by atoms with Gasteiger partial charge in [0.15, 0.2) is 0 Å². The summed E-state index contributed by atoms with van der Waals surface area (Å²) in [6, 6.07) is 7.89. The van der Waals surface area contributed by atoms with Gasteiger partial charge in [-0.25, -0.2) is 0 Å². The van der Waals surface area contributed by atoms with Crippen LogP contribution in [-0.4, -0.2) is 36.0 Å². The first-order chi connectivity index (χ1) is 10.1. The van der Waals surface area contributed by atoms with Crippen LogP contribution in [-0.2, 0) is 4.79 Å². The minimum Gasteiger partial charge on any atom is -0.490 e. The number of hydrogen-bond acceptors (Lipinski definition) is 3. The van der Waals surface area contributed by atoms with Gasteiger partial charge in [-0.15, -0.1) is 0 Å². The lowest BCUT2D eigenvalue weighted by atomic mass is 10.1. The maximum Gasteiger partial charge on any atom is 0.246 e. The molecule has 0 bridgehead atoms. The van der Waals surface area contributed by atoms with E-state index in [0.29, 0.717) is 6.54 Å². The van der Waals surface area contributed by atoms with Gasteiger partial charge in [0.25, 0.3) is 0 Å². The van der Waals surface area contributed by atoms with Crippen LogP contribution in [0.3, 0.4) is 0 Å². The van der Waals surface area contributed by atoms with Crippen LogP contribution in [0.5, 0.6) is 5.75 Å². The molecule has 1 aliphatic heterocycles. The number of likely N-dealkylation sites (tertiary alicyclic amines) is 1. The predicted molar refractivity (Wildman–Crippen MR) is 85.0 cm³/mol. The highest BCUT2D eigenvalue weighted by Crippen LogP contribution is 2.21. The Balaban J connectivity index is 2.04. The average molecular weight is 288 g/mol. The summed E-state index contributed by atoms with van der Waals surface area (Å²) in [4.78, 5) is 13.9. The van der Waals surface area contributed by atoms with E-state index < -0.39 is 0 Å². The lowest BCUT2D eigenvalue weighted by Gasteiger charge is -2.15. The molecule has 0 aliphatic carbocycles. The monoisotopic (exact) mass is 288 g/mol. The van der Waals surface area contributed by atoms with Crippen molar-refractivity contribution in [2.75, 3.05) is 13.1 Å². The molecule has 1 saturated heterocycles. The van der Waals surface area contributed by atoms with Crippen molar-refractivity contribution < 1.29 is 9.53 Å². The third-order valence-corrected chi connectivity index (χ3v) is 3.76. The van der Waals surface area contributed by atoms with E-state index in [1.165, 1.54) is 0 Å². The Hall–Kier alpha value is -1.81. The molecule has 0 radical (unpaired) electrons. The molecule has 4 nitrogen and oxygen atoms in total. The number of ether oxygens (including phenoxy) is 1. The van der Waals surface area contributed by atoms with Gasteiger partial charge in [-0.2, -0.15) is 0 Å². The highest BCUT2D eigenvalue weighted by molar-refractivity contribution is 5.92. The number of carbonyl (C=O) groups excluding carboxylic acids is 1. The van der Waals surface area contributed by atoms with Gasteiger partial charge in [0.1, 0.15) is 5.75 Å². The minimum atomic E-state index is 0.0151. The molecule has 1 aromatic carbocycles. The number of nitrogens with two attached hydrogens (primary N) is 1. The van der Waals surface area contributed by atoms with Gasteiger partial charge >= 0.3 is 0 Å². The van der Waals surface area contributed by atoms with E-state index in [-0.39, 0.29) is 18.1 Å². The van der Waals surface area contributed by atoms with E-state index in [1.807, 2.05) is 37.3 Å². The van der Waals surface area contributed by atoms with Crippen LogP contribution >= 0.6 is 0 Å². The Kier molecular flexibility index (Phi) is 5.39. The van der Waals surface area contributed by atoms with Crippen molar-refractivity contribution in [2.24, 2.45) is 5.73 Å². The van der Waals surface area contributed by atoms with E-state index in [9.17, 15) is 4.79 Å². The van der Waals surface area contributed by atoms with Crippen LogP contribution in [0.4, 0.5) is 0 Å². The van der Waals surface area contributed by atoms with E-state index >= 15 is 0 Å². The van der Waals surface area contributed by atoms with Crippen molar-refractivity contribution in [3.05, 3.63) is 35.9 Å². The van der Waals surface area contributed by atoms with Crippen molar-refractivity contribution in [1.29, 1.82) is 0 Å². The topological polar surface area (TPSA) is 55.6 Å². The van der Waals surface area contributed by atoms with Crippen molar-refractivity contribution in [1.82, 2.24) is 4.90 Å². The minimum absolute atomic E-state index is 0.0151. The molecule has 0 aromatic heterocycles. The van der Waals surface area contributed by atoms with Crippen LogP contribution in [0.2, 0.25) is 0 Å². The zero-order valence-corrected chi connectivity index (χ0v) is 12.8. The number of rotatable bonds is 5. The molecular formula is C17H24N2O2. The van der Waals surface area contributed by atoms with E-state index in [0.717, 1.165) is 30.7 Å². The molecule has 21 heavy (non-hydrogen) atoms. The van der Waals surface area contributed by atoms with Gasteiger partial charge in [-0.3, -0.25) is 4.79 Å². The highest BCUT2D eigenvalue weighted by atomic mass is 16.5. The number of carbonyl (C=O) groups is 1. The van der Waals surface area contributed by atoms with Crippen LogP contribution in [0.15, 0.2) is 30.3 Å². The predicted octanol–water partition coefficient (Wildman–Crippen LogP) is 2.44. The quantitative estimate of drug-likeness (QED) is 0.847. The van der Waals surface area contributed by atoms with E-state index in [1.54, 1.807) is 11.0 Å². The smallest absolute Gasteiger partial charge is 0.246 e. The molecule has 2 N–H and O–H groups in total. The van der Waals surface area contributed by atoms with Gasteiger partial charge in [0.05, 0.1) is 6.10 Å². The third kappa shape index (κ3) is 4.33. The molecule has 1 amide bonds. The molecule has 1 aromatic rings. The molecule has 0 saturated carbocycles. The summed E-state index contributed by atoms with van der Waals surface area (Å²) < 4.78 is 5.87. The SMILES string of the molecule is CCC(C)Oc1ccccc1/C=C/C(=O)N1CC[C@H](N)C1. The van der Waals surface area contributed by atoms with Gasteiger partial charge in [-0.05, 0) is 31.9 Å². The fourth-order valence-electron chi connectivity index (χ4n) is 2.28. The van der Waals surface area contributed by atoms with E-state index in [2.05, 4.69) is 6.92 Å². The number of amides is 1. The average Bonchev–Trinajstić information content (AvgIpc) is 2.92. The summed E-state index contributed by atoms with van der Waals surface area (Å²) in [7, 11) is 0. The Morgan fingerprint density at radius 2 is 2.29 bits per heavy atom. The van der Waals surface area contributed by atoms with E-state index in [4.69, 9.17) is 10.5 Å². The van der Waals surface area contributed by atoms with Crippen LogP contribution in [0.25, 0.3) is 6.08 Å². The fourth-order valence-corrected chi connectivity index (χ4v) is 2.28. The Morgan fingerprint density at radius 3 is 2.95 bits per heavy atom. The number of para-hydroxylation sites is 1. The normalized spacial score (nSPS) is 20.0. The summed E-state index contributed by atoms with van der Waals surface area (Å²) in [5, 5.41) is 0. The first-order valence-corrected chi connectivity index (χ1v) is 7.58. The molecular weight excluding hydrogens is 264 g/mol. The second-order valence-electron chi connectivity index (χ2n) is 5.54. The fraction of sp³-hybridized carbons (Fsp3) is 0.471. The second-order valence-corrected chi connectivity index (χ2v) is 5.54. The maximum absolute atomic E-state index is 12.1. The standard InChI is InChI=1S/C17H24N2O2/c1-3-13(2)21-16-7-5-4-6-14(16)8-9-17(20)19-11-10-15(18)12-19/h4-9,13,15H,3,10-12,18H2,1-2H3/b9-8+/t13?,15-/m0/s1. The summed E-state index contributed by atoms with van der Waals surface area (Å²) >= 11 is 0. The first kappa shape index (κ1) is 15.6. The first-order valence-electron chi connectivity index (χ1n) is 7.58. The molecule has 0 spiro atoms. The zero-order chi connectivity index (χ0) is 15.2. The maximum atomic E-state index is 12.1. The molecule has 2 rings (SSSR count). The van der Waals surface area contributed by atoms with Crippen LogP contribution < -0.4 is 10.5 Å². The van der Waals surface area contributed by atoms with Gasteiger partial charge in [0, 0.05) is 30.8 Å². The largest absolute Gasteiger partial charge is 0.490 e. The van der Waals surface area contributed by atoms with Gasteiger partial charge < -0.3 is 15.4 Å². The van der Waals surface area contributed by atoms with Gasteiger partial charge in [0.2, 0.25) is 5.91 Å². The summed E-state index contributed by atoms with van der Waals surface area (Å²) in [6.07, 6.45) is 5.42. The molecule has 1 unspecified atom stereocenters. The van der Waals surface area contributed by atoms with Crippen LogP contribution in [0.1, 0.15) is 32.3 Å². The third-order valence-electron chi connectivity index (χ3n) is 3.76. The Labute approximate surface area is 126 Å². The summed E-state index contributed by atoms with van der Waals surface area (Å²) in [5.74, 6) is 0.829. The summed E-state index contributed by atoms with van der Waals surface area (Å²) in [5.41, 5.74) is 6.75. The van der Waals surface area contributed by atoms with Crippen molar-refractivity contribution in [3.8, 4) is 5.75 Å². The lowest BCUT2D eigenvalue weighted by molar-refractivity contribution is -0.124.